The van der Waals surface area contributed by atoms with Gasteiger partial charge in [0.15, 0.2) is 0 Å². The van der Waals surface area contributed by atoms with Gasteiger partial charge in [-0.1, -0.05) is 12.1 Å². The van der Waals surface area contributed by atoms with E-state index in [0.29, 0.717) is 11.3 Å². The molecule has 0 fully saturated rings. The minimum absolute atomic E-state index is 0.110. The first kappa shape index (κ1) is 13.5. The number of rotatable bonds is 5. The van der Waals surface area contributed by atoms with Crippen LogP contribution in [0.3, 0.4) is 0 Å². The Morgan fingerprint density at radius 1 is 1.53 bits per heavy atom. The van der Waals surface area contributed by atoms with Gasteiger partial charge in [-0.25, -0.2) is 0 Å². The first-order valence-corrected chi connectivity index (χ1v) is 4.97. The molecular formula is C10H14BNO5. The number of nitrogens with two attached hydrogens (primary N) is 1. The van der Waals surface area contributed by atoms with Crippen LogP contribution in [0.25, 0.3) is 0 Å². The van der Waals surface area contributed by atoms with E-state index in [2.05, 4.69) is 0 Å². The van der Waals surface area contributed by atoms with Gasteiger partial charge in [-0.15, -0.1) is 0 Å². The molecule has 0 spiro atoms. The molecule has 92 valence electrons. The van der Waals surface area contributed by atoms with E-state index in [1.165, 1.54) is 13.2 Å². The average molecular weight is 239 g/mol. The van der Waals surface area contributed by atoms with E-state index in [9.17, 15) is 4.79 Å². The lowest BCUT2D eigenvalue weighted by atomic mass is 9.78. The molecule has 0 saturated heterocycles. The van der Waals surface area contributed by atoms with Crippen LogP contribution in [0.15, 0.2) is 18.2 Å². The molecule has 1 aromatic carbocycles. The zero-order chi connectivity index (χ0) is 13.0. The Bertz CT molecular complexity index is 410. The highest BCUT2D eigenvalue weighted by atomic mass is 16.5. The van der Waals surface area contributed by atoms with Crippen LogP contribution in [0.1, 0.15) is 5.56 Å². The second kappa shape index (κ2) is 5.67. The quantitative estimate of drug-likeness (QED) is 0.457. The van der Waals surface area contributed by atoms with Gasteiger partial charge < -0.3 is 25.6 Å². The molecule has 7 heteroatoms. The largest absolute Gasteiger partial charge is 0.497 e. The molecule has 0 bridgehead atoms. The number of methoxy groups -OCH3 is 1. The monoisotopic (exact) mass is 239 g/mol. The first-order valence-electron chi connectivity index (χ1n) is 4.97. The maximum absolute atomic E-state index is 10.6. The predicted molar refractivity (Wildman–Crippen MR) is 62.1 cm³/mol. The molecule has 1 aromatic rings. The maximum Gasteiger partial charge on any atom is 0.492 e. The van der Waals surface area contributed by atoms with E-state index >= 15 is 0 Å². The number of hydrogen-bond donors (Lipinski definition) is 4. The molecule has 0 amide bonds. The lowest BCUT2D eigenvalue weighted by molar-refractivity contribution is -0.138. The van der Waals surface area contributed by atoms with Gasteiger partial charge in [-0.2, -0.15) is 0 Å². The second-order valence-corrected chi connectivity index (χ2v) is 3.60. The van der Waals surface area contributed by atoms with Gasteiger partial charge in [-0.3, -0.25) is 4.79 Å². The van der Waals surface area contributed by atoms with Gasteiger partial charge in [0, 0.05) is 5.46 Å². The second-order valence-electron chi connectivity index (χ2n) is 3.60. The fraction of sp³-hybridized carbons (Fsp3) is 0.300. The molecule has 1 atom stereocenters. The predicted octanol–water partition coefficient (Wildman–Crippen LogP) is -1.67. The first-order chi connectivity index (χ1) is 7.95. The Hall–Kier alpha value is -1.57. The van der Waals surface area contributed by atoms with Crippen molar-refractivity contribution in [2.24, 2.45) is 5.73 Å². The zero-order valence-electron chi connectivity index (χ0n) is 9.33. The fourth-order valence-corrected chi connectivity index (χ4v) is 1.45. The molecule has 0 aliphatic heterocycles. The van der Waals surface area contributed by atoms with Crippen molar-refractivity contribution in [1.82, 2.24) is 0 Å². The molecule has 0 radical (unpaired) electrons. The topological polar surface area (TPSA) is 113 Å². The summed E-state index contributed by atoms with van der Waals surface area (Å²) in [5.74, 6) is -0.778. The molecule has 0 heterocycles. The number of hydrogen-bond acceptors (Lipinski definition) is 5. The average Bonchev–Trinajstić information content (AvgIpc) is 2.28. The van der Waals surface area contributed by atoms with Crippen LogP contribution in [0.2, 0.25) is 0 Å². The van der Waals surface area contributed by atoms with Gasteiger partial charge in [0.1, 0.15) is 11.8 Å². The summed E-state index contributed by atoms with van der Waals surface area (Å²) >= 11 is 0. The maximum atomic E-state index is 10.6. The minimum Gasteiger partial charge on any atom is -0.497 e. The molecular weight excluding hydrogens is 225 g/mol. The highest BCUT2D eigenvalue weighted by Gasteiger charge is 2.19. The highest BCUT2D eigenvalue weighted by molar-refractivity contribution is 6.59. The molecule has 17 heavy (non-hydrogen) atoms. The normalized spacial score (nSPS) is 12.0. The lowest BCUT2D eigenvalue weighted by Crippen LogP contribution is -2.34. The van der Waals surface area contributed by atoms with Crippen molar-refractivity contribution in [2.75, 3.05) is 7.11 Å². The smallest absolute Gasteiger partial charge is 0.492 e. The van der Waals surface area contributed by atoms with Crippen LogP contribution >= 0.6 is 0 Å². The lowest BCUT2D eigenvalue weighted by Gasteiger charge is -2.11. The standard InChI is InChI=1S/C10H14BNO5/c1-17-9-3-2-6(4-7(9)11(15)16)5-8(12)10(13)14/h2-4,8,15-16H,5,12H2,1H3,(H,13,14)/t8-/m1/s1. The Balaban J connectivity index is 2.96. The van der Waals surface area contributed by atoms with Crippen LogP contribution in [0, 0.1) is 0 Å². The Morgan fingerprint density at radius 3 is 2.65 bits per heavy atom. The summed E-state index contributed by atoms with van der Waals surface area (Å²) in [5, 5.41) is 26.9. The fourth-order valence-electron chi connectivity index (χ4n) is 1.45. The number of aliphatic carboxylic acids is 1. The number of ether oxygens (including phenoxy) is 1. The molecule has 5 N–H and O–H groups in total. The molecule has 0 aromatic heterocycles. The van der Waals surface area contributed by atoms with Gasteiger partial charge in [0.2, 0.25) is 0 Å². The van der Waals surface area contributed by atoms with Gasteiger partial charge in [0.05, 0.1) is 7.11 Å². The molecule has 1 rings (SSSR count). The molecule has 0 saturated carbocycles. The number of carbonyl (C=O) groups is 1. The van der Waals surface area contributed by atoms with E-state index in [4.69, 9.17) is 25.6 Å². The van der Waals surface area contributed by atoms with E-state index in [1.54, 1.807) is 12.1 Å². The van der Waals surface area contributed by atoms with E-state index in [0.717, 1.165) is 0 Å². The summed E-state index contributed by atoms with van der Waals surface area (Å²) in [6, 6.07) is 3.62. The number of benzene rings is 1. The van der Waals surface area contributed by atoms with Crippen LogP contribution < -0.4 is 15.9 Å². The third-order valence-corrected chi connectivity index (χ3v) is 2.35. The van der Waals surface area contributed by atoms with Crippen molar-refractivity contribution in [3.05, 3.63) is 23.8 Å². The molecule has 0 aliphatic rings. The van der Waals surface area contributed by atoms with Crippen LogP contribution in [0.5, 0.6) is 5.75 Å². The number of carboxylic acid groups (broad SMARTS) is 1. The zero-order valence-corrected chi connectivity index (χ0v) is 9.33. The van der Waals surface area contributed by atoms with Gasteiger partial charge in [0.25, 0.3) is 0 Å². The van der Waals surface area contributed by atoms with Crippen LogP contribution in [-0.2, 0) is 11.2 Å². The number of carboxylic acids is 1. The summed E-state index contributed by atoms with van der Waals surface area (Å²) in [4.78, 5) is 10.6. The summed E-state index contributed by atoms with van der Waals surface area (Å²) in [6.45, 7) is 0. The third kappa shape index (κ3) is 3.45. The third-order valence-electron chi connectivity index (χ3n) is 2.35. The van der Waals surface area contributed by atoms with E-state index in [1.807, 2.05) is 0 Å². The summed E-state index contributed by atoms with van der Waals surface area (Å²) < 4.78 is 4.95. The minimum atomic E-state index is -1.68. The van der Waals surface area contributed by atoms with E-state index in [-0.39, 0.29) is 11.9 Å². The Labute approximate surface area is 98.8 Å². The summed E-state index contributed by atoms with van der Waals surface area (Å²) in [7, 11) is -0.268. The SMILES string of the molecule is COc1ccc(C[C@@H](N)C(=O)O)cc1B(O)O. The van der Waals surface area contributed by atoms with Crippen LogP contribution in [-0.4, -0.2) is 41.4 Å². The van der Waals surface area contributed by atoms with Gasteiger partial charge >= 0.3 is 13.1 Å². The van der Waals surface area contributed by atoms with Crippen molar-refractivity contribution >= 4 is 18.6 Å². The molecule has 0 aliphatic carbocycles. The van der Waals surface area contributed by atoms with E-state index < -0.39 is 19.1 Å². The highest BCUT2D eigenvalue weighted by Crippen LogP contribution is 2.11. The Morgan fingerprint density at radius 2 is 2.18 bits per heavy atom. The van der Waals surface area contributed by atoms with Crippen molar-refractivity contribution in [2.45, 2.75) is 12.5 Å². The molecule has 6 nitrogen and oxygen atoms in total. The summed E-state index contributed by atoms with van der Waals surface area (Å²) in [6.07, 6.45) is 0.110. The van der Waals surface area contributed by atoms with Crippen molar-refractivity contribution < 1.29 is 24.7 Å². The summed E-state index contributed by atoms with van der Waals surface area (Å²) in [5.41, 5.74) is 6.17. The van der Waals surface area contributed by atoms with Crippen molar-refractivity contribution in [1.29, 1.82) is 0 Å². The Kier molecular flexibility index (Phi) is 4.50. The van der Waals surface area contributed by atoms with Crippen molar-refractivity contribution in [3.8, 4) is 5.75 Å². The van der Waals surface area contributed by atoms with Gasteiger partial charge in [-0.05, 0) is 18.1 Å². The van der Waals surface area contributed by atoms with Crippen molar-refractivity contribution in [3.63, 3.8) is 0 Å². The van der Waals surface area contributed by atoms with Crippen LogP contribution in [0.4, 0.5) is 0 Å². The molecule has 0 unspecified atom stereocenters.